The zero-order valence-electron chi connectivity index (χ0n) is 18.5. The average molecular weight is 460 g/mol. The quantitative estimate of drug-likeness (QED) is 0.551. The molecular weight excluding hydrogens is 434 g/mol. The maximum Gasteiger partial charge on any atom is 0.258 e. The van der Waals surface area contributed by atoms with E-state index >= 15 is 0 Å². The fourth-order valence-electron chi connectivity index (χ4n) is 4.68. The van der Waals surface area contributed by atoms with Crippen molar-refractivity contribution in [3.8, 4) is 11.1 Å². The molecule has 1 saturated heterocycles. The summed E-state index contributed by atoms with van der Waals surface area (Å²) in [4.78, 5) is 19.2. The largest absolute Gasteiger partial charge is 0.336 e. The van der Waals surface area contributed by atoms with Gasteiger partial charge >= 0.3 is 0 Å². The van der Waals surface area contributed by atoms with Gasteiger partial charge in [-0.1, -0.05) is 54.6 Å². The number of carbonyl (C=O) groups is 1. The summed E-state index contributed by atoms with van der Waals surface area (Å²) in [6.07, 6.45) is 3.00. The molecule has 0 spiro atoms. The second-order valence-corrected chi connectivity index (χ2v) is 10.9. The minimum atomic E-state index is -3.26. The predicted octanol–water partition coefficient (Wildman–Crippen LogP) is 4.13. The van der Waals surface area contributed by atoms with Crippen molar-refractivity contribution in [3.63, 3.8) is 0 Å². The van der Waals surface area contributed by atoms with Crippen LogP contribution >= 0.6 is 0 Å². The highest BCUT2D eigenvalue weighted by molar-refractivity contribution is 7.88. The van der Waals surface area contributed by atoms with Crippen molar-refractivity contribution in [1.82, 2.24) is 9.21 Å². The molecule has 0 aromatic heterocycles. The normalized spacial score (nSPS) is 18.1. The molecule has 5 rings (SSSR count). The average Bonchev–Trinajstić information content (AvgIpc) is 3.64. The van der Waals surface area contributed by atoms with E-state index in [1.807, 2.05) is 60.7 Å². The molecule has 2 aliphatic rings. The van der Waals surface area contributed by atoms with Gasteiger partial charge in [0.1, 0.15) is 0 Å². The van der Waals surface area contributed by atoms with Crippen LogP contribution in [0.5, 0.6) is 0 Å². The number of nitrogens with zero attached hydrogens (tertiary/aromatic N) is 3. The molecule has 0 atom stereocenters. The number of hydrogen-bond acceptors (Lipinski definition) is 3. The number of sulfonamides is 1. The fourth-order valence-corrected chi connectivity index (χ4v) is 5.51. The minimum Gasteiger partial charge on any atom is -0.336 e. The number of piperazine rings is 1. The Balaban J connectivity index is 1.53. The molecule has 3 aromatic carbocycles. The third kappa shape index (κ3) is 3.90. The van der Waals surface area contributed by atoms with E-state index in [2.05, 4.69) is 4.85 Å². The van der Waals surface area contributed by atoms with Crippen molar-refractivity contribution in [2.75, 3.05) is 32.4 Å². The zero-order chi connectivity index (χ0) is 23.2. The van der Waals surface area contributed by atoms with Gasteiger partial charge in [0.05, 0.1) is 6.26 Å². The van der Waals surface area contributed by atoms with Gasteiger partial charge in [0.25, 0.3) is 11.4 Å². The van der Waals surface area contributed by atoms with Crippen LogP contribution in [0.1, 0.15) is 28.8 Å². The molecule has 0 N–H and O–H groups in total. The first-order chi connectivity index (χ1) is 15.8. The van der Waals surface area contributed by atoms with E-state index < -0.39 is 10.0 Å². The van der Waals surface area contributed by atoms with E-state index in [-0.39, 0.29) is 11.4 Å². The highest BCUT2D eigenvalue weighted by Gasteiger charge is 2.52. The molecule has 3 aromatic rings. The maximum absolute atomic E-state index is 13.6. The van der Waals surface area contributed by atoms with E-state index in [0.717, 1.165) is 40.3 Å². The summed E-state index contributed by atoms with van der Waals surface area (Å²) in [5, 5.41) is 2.05. The molecule has 1 aliphatic heterocycles. The summed E-state index contributed by atoms with van der Waals surface area (Å²) in [5.41, 5.74) is 3.10. The third-order valence-electron chi connectivity index (χ3n) is 6.80. The van der Waals surface area contributed by atoms with E-state index in [1.165, 1.54) is 10.6 Å². The number of fused-ring (bicyclic) bond motifs is 1. The van der Waals surface area contributed by atoms with Crippen LogP contribution in [0.3, 0.4) is 0 Å². The Bertz CT molecular complexity index is 1380. The van der Waals surface area contributed by atoms with Crippen molar-refractivity contribution in [2.24, 2.45) is 0 Å². The van der Waals surface area contributed by atoms with E-state index in [1.54, 1.807) is 4.90 Å². The van der Waals surface area contributed by atoms with Crippen LogP contribution in [0, 0.1) is 6.57 Å². The number of benzene rings is 3. The molecule has 2 fully saturated rings. The summed E-state index contributed by atoms with van der Waals surface area (Å²) in [5.74, 6) is -0.0900. The fraction of sp³-hybridized carbons (Fsp3) is 0.308. The summed E-state index contributed by atoms with van der Waals surface area (Å²) in [6.45, 7) is 8.87. The molecule has 0 radical (unpaired) electrons. The molecule has 1 amide bonds. The van der Waals surface area contributed by atoms with Gasteiger partial charge in [-0.15, -0.1) is 0 Å². The van der Waals surface area contributed by atoms with E-state index in [4.69, 9.17) is 6.57 Å². The highest BCUT2D eigenvalue weighted by Crippen LogP contribution is 2.50. The first kappa shape index (κ1) is 21.6. The van der Waals surface area contributed by atoms with Gasteiger partial charge < -0.3 is 9.74 Å². The Morgan fingerprint density at radius 3 is 2.21 bits per heavy atom. The molecule has 0 bridgehead atoms. The van der Waals surface area contributed by atoms with E-state index in [9.17, 15) is 13.2 Å². The Morgan fingerprint density at radius 1 is 0.939 bits per heavy atom. The van der Waals surface area contributed by atoms with E-state index in [0.29, 0.717) is 31.7 Å². The molecule has 7 heteroatoms. The van der Waals surface area contributed by atoms with Crippen molar-refractivity contribution in [1.29, 1.82) is 0 Å². The van der Waals surface area contributed by atoms with Crippen LogP contribution in [-0.4, -0.2) is 56.0 Å². The lowest BCUT2D eigenvalue weighted by atomic mass is 9.91. The predicted molar refractivity (Wildman–Crippen MR) is 129 cm³/mol. The summed E-state index contributed by atoms with van der Waals surface area (Å²) < 4.78 is 25.1. The Labute approximate surface area is 194 Å². The monoisotopic (exact) mass is 459 g/mol. The molecule has 1 aliphatic carbocycles. The molecule has 0 unspecified atom stereocenters. The summed E-state index contributed by atoms with van der Waals surface area (Å²) >= 11 is 0. The first-order valence-electron chi connectivity index (χ1n) is 11.1. The summed E-state index contributed by atoms with van der Waals surface area (Å²) in [6, 6.07) is 19.9. The number of hydrogen-bond donors (Lipinski definition) is 0. The lowest BCUT2D eigenvalue weighted by molar-refractivity contribution is 0.0699. The first-order valence-corrected chi connectivity index (χ1v) is 12.9. The second kappa shape index (κ2) is 7.98. The number of amides is 1. The van der Waals surface area contributed by atoms with Gasteiger partial charge in [-0.3, -0.25) is 4.79 Å². The van der Waals surface area contributed by atoms with Crippen LogP contribution in [0.4, 0.5) is 0 Å². The van der Waals surface area contributed by atoms with Crippen LogP contribution in [0.25, 0.3) is 26.7 Å². The van der Waals surface area contributed by atoms with Crippen LogP contribution < -0.4 is 0 Å². The Kier molecular flexibility index (Phi) is 5.23. The van der Waals surface area contributed by atoms with Gasteiger partial charge in [-0.2, -0.15) is 4.31 Å². The minimum absolute atomic E-state index is 0.0900. The number of carbonyl (C=O) groups excluding carboxylic acids is 1. The second-order valence-electron chi connectivity index (χ2n) is 8.88. The van der Waals surface area contributed by atoms with Crippen LogP contribution in [0.2, 0.25) is 0 Å². The molecule has 1 heterocycles. The number of rotatable bonds is 4. The topological polar surface area (TPSA) is 62.1 Å². The molecular formula is C26H25N3O3S. The van der Waals surface area contributed by atoms with Crippen LogP contribution in [-0.2, 0) is 15.6 Å². The van der Waals surface area contributed by atoms with Crippen molar-refractivity contribution < 1.29 is 13.2 Å². The zero-order valence-corrected chi connectivity index (χ0v) is 19.3. The standard InChI is InChI=1S/C26H25N3O3S/c1-27-26(13-14-26)21-10-7-20(8-11-21)24-22-6-4-3-5-19(22)9-12-23(24)25(30)28-15-17-29(18-16-28)33(2,31)32/h3-12H,13-18H2,2H3. The van der Waals surface area contributed by atoms with Gasteiger partial charge in [0.2, 0.25) is 10.0 Å². The SMILES string of the molecule is [C-]#[N+]C1(c2ccc(-c3c(C(=O)N4CCN(S(C)(=O)=O)CC4)ccc4ccccc34)cc2)CC1. The Morgan fingerprint density at radius 2 is 1.61 bits per heavy atom. The third-order valence-corrected chi connectivity index (χ3v) is 8.11. The summed E-state index contributed by atoms with van der Waals surface area (Å²) in [7, 11) is -3.26. The lowest BCUT2D eigenvalue weighted by Crippen LogP contribution is -2.50. The van der Waals surface area contributed by atoms with Crippen LogP contribution in [0.15, 0.2) is 60.7 Å². The maximum atomic E-state index is 13.6. The molecule has 168 valence electrons. The molecule has 33 heavy (non-hydrogen) atoms. The van der Waals surface area contributed by atoms with Gasteiger partial charge in [-0.05, 0) is 22.4 Å². The van der Waals surface area contributed by atoms with Crippen molar-refractivity contribution >= 4 is 26.7 Å². The molecule has 1 saturated carbocycles. The highest BCUT2D eigenvalue weighted by atomic mass is 32.2. The van der Waals surface area contributed by atoms with Gasteiger partial charge in [0.15, 0.2) is 0 Å². The smallest absolute Gasteiger partial charge is 0.258 e. The lowest BCUT2D eigenvalue weighted by Gasteiger charge is -2.33. The molecule has 6 nitrogen and oxygen atoms in total. The Hall–Kier alpha value is -3.21. The van der Waals surface area contributed by atoms with Crippen molar-refractivity contribution in [2.45, 2.75) is 18.4 Å². The van der Waals surface area contributed by atoms with Gasteiger partial charge in [-0.25, -0.2) is 15.0 Å². The van der Waals surface area contributed by atoms with Gasteiger partial charge in [0, 0.05) is 55.7 Å². The van der Waals surface area contributed by atoms with Crippen molar-refractivity contribution in [3.05, 3.63) is 83.2 Å².